The molecular formula is C10H12BrNO2. The highest BCUT2D eigenvalue weighted by molar-refractivity contribution is 9.18. The van der Waals surface area contributed by atoms with Crippen molar-refractivity contribution in [1.82, 2.24) is 0 Å². The molecule has 76 valence electrons. The SMILES string of the molecule is COc1cc(C)c(NC(=O)Br)cc1C. The minimum Gasteiger partial charge on any atom is -0.496 e. The summed E-state index contributed by atoms with van der Waals surface area (Å²) in [7, 11) is 1.63. The van der Waals surface area contributed by atoms with Gasteiger partial charge in [-0.1, -0.05) is 0 Å². The molecule has 0 saturated carbocycles. The molecule has 1 amide bonds. The number of aryl methyl sites for hydroxylation is 2. The van der Waals surface area contributed by atoms with E-state index in [-0.39, 0.29) is 4.82 Å². The molecule has 0 aromatic heterocycles. The van der Waals surface area contributed by atoms with E-state index in [0.29, 0.717) is 0 Å². The van der Waals surface area contributed by atoms with E-state index < -0.39 is 0 Å². The molecule has 1 aromatic carbocycles. The zero-order valence-electron chi connectivity index (χ0n) is 8.35. The van der Waals surface area contributed by atoms with Crippen molar-refractivity contribution in [2.24, 2.45) is 0 Å². The van der Waals surface area contributed by atoms with Gasteiger partial charge in [-0.3, -0.25) is 4.79 Å². The second-order valence-corrected chi connectivity index (χ2v) is 3.76. The molecular weight excluding hydrogens is 246 g/mol. The third kappa shape index (κ3) is 2.48. The van der Waals surface area contributed by atoms with Crippen molar-refractivity contribution in [1.29, 1.82) is 0 Å². The Labute approximate surface area is 91.6 Å². The quantitative estimate of drug-likeness (QED) is 0.653. The van der Waals surface area contributed by atoms with Crippen LogP contribution in [0.1, 0.15) is 11.1 Å². The Bertz CT molecular complexity index is 363. The molecule has 0 radical (unpaired) electrons. The minimum atomic E-state index is -0.245. The predicted octanol–water partition coefficient (Wildman–Crippen LogP) is 3.24. The van der Waals surface area contributed by atoms with Crippen molar-refractivity contribution >= 4 is 26.4 Å². The Morgan fingerprint density at radius 1 is 1.36 bits per heavy atom. The topological polar surface area (TPSA) is 38.3 Å². The number of carbonyl (C=O) groups is 1. The smallest absolute Gasteiger partial charge is 0.291 e. The van der Waals surface area contributed by atoms with Crippen LogP contribution in [0.15, 0.2) is 12.1 Å². The highest BCUT2D eigenvalue weighted by atomic mass is 79.9. The first-order valence-corrected chi connectivity index (χ1v) is 4.95. The van der Waals surface area contributed by atoms with Crippen LogP contribution in [0.4, 0.5) is 10.5 Å². The van der Waals surface area contributed by atoms with E-state index >= 15 is 0 Å². The van der Waals surface area contributed by atoms with Gasteiger partial charge in [0.1, 0.15) is 5.75 Å². The van der Waals surface area contributed by atoms with Gasteiger partial charge in [-0.25, -0.2) is 0 Å². The molecule has 0 aliphatic heterocycles. The highest BCUT2D eigenvalue weighted by Gasteiger charge is 2.05. The van der Waals surface area contributed by atoms with Crippen LogP contribution < -0.4 is 10.1 Å². The zero-order valence-corrected chi connectivity index (χ0v) is 9.94. The summed E-state index contributed by atoms with van der Waals surface area (Å²) in [4.78, 5) is 10.6. The monoisotopic (exact) mass is 257 g/mol. The summed E-state index contributed by atoms with van der Waals surface area (Å²) in [6, 6.07) is 3.78. The van der Waals surface area contributed by atoms with E-state index in [1.165, 1.54) is 0 Å². The summed E-state index contributed by atoms with van der Waals surface area (Å²) >= 11 is 2.82. The number of ether oxygens (including phenoxy) is 1. The fourth-order valence-corrected chi connectivity index (χ4v) is 1.46. The highest BCUT2D eigenvalue weighted by Crippen LogP contribution is 2.26. The van der Waals surface area contributed by atoms with Crippen LogP contribution in [-0.2, 0) is 0 Å². The van der Waals surface area contributed by atoms with Crippen LogP contribution >= 0.6 is 15.9 Å². The van der Waals surface area contributed by atoms with Gasteiger partial charge in [0, 0.05) is 21.6 Å². The Balaban J connectivity index is 3.08. The molecule has 1 aromatic rings. The summed E-state index contributed by atoms with van der Waals surface area (Å²) in [6.45, 7) is 3.85. The molecule has 0 aliphatic carbocycles. The van der Waals surface area contributed by atoms with Gasteiger partial charge in [0.25, 0.3) is 4.82 Å². The number of nitrogens with one attached hydrogen (secondary N) is 1. The van der Waals surface area contributed by atoms with Crippen LogP contribution in [0.25, 0.3) is 0 Å². The second kappa shape index (κ2) is 4.46. The van der Waals surface area contributed by atoms with Gasteiger partial charge in [-0.05, 0) is 37.1 Å². The van der Waals surface area contributed by atoms with E-state index in [9.17, 15) is 4.79 Å². The van der Waals surface area contributed by atoms with Crippen molar-refractivity contribution in [3.05, 3.63) is 23.3 Å². The van der Waals surface area contributed by atoms with Gasteiger partial charge in [-0.2, -0.15) is 0 Å². The molecule has 1 N–H and O–H groups in total. The molecule has 0 aliphatic rings. The number of carbonyl (C=O) groups excluding carboxylic acids is 1. The standard InChI is InChI=1S/C10H12BrNO2/c1-6-5-9(14-3)7(2)4-8(6)12-10(11)13/h4-5H,1-3H3,(H,12,13). The summed E-state index contributed by atoms with van der Waals surface area (Å²) in [5.74, 6) is 0.829. The van der Waals surface area contributed by atoms with E-state index in [2.05, 4.69) is 21.2 Å². The lowest BCUT2D eigenvalue weighted by Crippen LogP contribution is -2.03. The van der Waals surface area contributed by atoms with E-state index in [1.54, 1.807) is 7.11 Å². The number of amides is 1. The fourth-order valence-electron chi connectivity index (χ4n) is 1.25. The summed E-state index contributed by atoms with van der Waals surface area (Å²) in [5, 5.41) is 2.69. The molecule has 0 bridgehead atoms. The number of methoxy groups -OCH3 is 1. The lowest BCUT2D eigenvalue weighted by atomic mass is 10.1. The van der Waals surface area contributed by atoms with Crippen LogP contribution in [0.5, 0.6) is 5.75 Å². The Hall–Kier alpha value is -1.03. The normalized spacial score (nSPS) is 9.71. The number of rotatable bonds is 2. The Morgan fingerprint density at radius 2 is 2.00 bits per heavy atom. The first kappa shape index (κ1) is 11.0. The summed E-state index contributed by atoms with van der Waals surface area (Å²) in [5.41, 5.74) is 2.76. The largest absolute Gasteiger partial charge is 0.496 e. The zero-order chi connectivity index (χ0) is 10.7. The molecule has 0 heterocycles. The Morgan fingerprint density at radius 3 is 2.50 bits per heavy atom. The fraction of sp³-hybridized carbons (Fsp3) is 0.300. The molecule has 0 spiro atoms. The van der Waals surface area contributed by atoms with Crippen molar-refractivity contribution in [3.8, 4) is 5.75 Å². The maximum Gasteiger partial charge on any atom is 0.291 e. The molecule has 1 rings (SSSR count). The van der Waals surface area contributed by atoms with Crippen molar-refractivity contribution in [3.63, 3.8) is 0 Å². The lowest BCUT2D eigenvalue weighted by molar-refractivity contribution is 0.270. The third-order valence-corrected chi connectivity index (χ3v) is 2.17. The van der Waals surface area contributed by atoms with Crippen molar-refractivity contribution in [2.45, 2.75) is 13.8 Å². The van der Waals surface area contributed by atoms with Gasteiger partial charge in [0.05, 0.1) is 7.11 Å². The number of hydrogen-bond acceptors (Lipinski definition) is 2. The number of halogens is 1. The minimum absolute atomic E-state index is 0.245. The van der Waals surface area contributed by atoms with Gasteiger partial charge in [-0.15, -0.1) is 0 Å². The molecule has 0 unspecified atom stereocenters. The second-order valence-electron chi connectivity index (χ2n) is 3.04. The van der Waals surface area contributed by atoms with Crippen LogP contribution in [-0.4, -0.2) is 11.9 Å². The van der Waals surface area contributed by atoms with E-state index in [4.69, 9.17) is 4.74 Å². The van der Waals surface area contributed by atoms with Gasteiger partial charge in [0.2, 0.25) is 0 Å². The lowest BCUT2D eigenvalue weighted by Gasteiger charge is -2.10. The maximum absolute atomic E-state index is 10.8. The van der Waals surface area contributed by atoms with Gasteiger partial charge < -0.3 is 10.1 Å². The van der Waals surface area contributed by atoms with Crippen LogP contribution in [0.3, 0.4) is 0 Å². The third-order valence-electron chi connectivity index (χ3n) is 1.97. The first-order valence-electron chi connectivity index (χ1n) is 4.16. The molecule has 0 fully saturated rings. The number of anilines is 1. The summed E-state index contributed by atoms with van der Waals surface area (Å²) < 4.78 is 5.16. The average Bonchev–Trinajstić information content (AvgIpc) is 2.10. The number of benzene rings is 1. The Kier molecular flexibility index (Phi) is 3.52. The van der Waals surface area contributed by atoms with Crippen molar-refractivity contribution in [2.75, 3.05) is 12.4 Å². The molecule has 4 heteroatoms. The van der Waals surface area contributed by atoms with Crippen LogP contribution in [0.2, 0.25) is 0 Å². The summed E-state index contributed by atoms with van der Waals surface area (Å²) in [6.07, 6.45) is 0. The van der Waals surface area contributed by atoms with E-state index in [0.717, 1.165) is 22.6 Å². The first-order chi connectivity index (χ1) is 6.54. The van der Waals surface area contributed by atoms with Gasteiger partial charge in [0.15, 0.2) is 0 Å². The average molecular weight is 258 g/mol. The molecule has 14 heavy (non-hydrogen) atoms. The van der Waals surface area contributed by atoms with Crippen molar-refractivity contribution < 1.29 is 9.53 Å². The molecule has 3 nitrogen and oxygen atoms in total. The molecule has 0 saturated heterocycles. The maximum atomic E-state index is 10.8. The number of hydrogen-bond donors (Lipinski definition) is 1. The molecule has 0 atom stereocenters. The van der Waals surface area contributed by atoms with E-state index in [1.807, 2.05) is 26.0 Å². The van der Waals surface area contributed by atoms with Crippen LogP contribution in [0, 0.1) is 13.8 Å². The van der Waals surface area contributed by atoms with Gasteiger partial charge >= 0.3 is 0 Å². The predicted molar refractivity (Wildman–Crippen MR) is 60.4 cm³/mol.